The van der Waals surface area contributed by atoms with E-state index in [1.807, 2.05) is 13.8 Å². The number of hydrogen-bond donors (Lipinski definition) is 2. The minimum Gasteiger partial charge on any atom is -0.480 e. The quantitative estimate of drug-likeness (QED) is 0.816. The maximum atomic E-state index is 12.0. The van der Waals surface area contributed by atoms with Gasteiger partial charge in [-0.3, -0.25) is 9.78 Å². The van der Waals surface area contributed by atoms with Crippen LogP contribution in [0.25, 0.3) is 0 Å². The van der Waals surface area contributed by atoms with Crippen LogP contribution in [0.4, 0.5) is 4.79 Å². The highest BCUT2D eigenvalue weighted by atomic mass is 16.4. The Morgan fingerprint density at radius 2 is 2.05 bits per heavy atom. The summed E-state index contributed by atoms with van der Waals surface area (Å²) in [6, 6.07) is 3.11. The third-order valence-electron chi connectivity index (χ3n) is 2.88. The second-order valence-corrected chi connectivity index (χ2v) is 4.29. The molecule has 0 fully saturated rings. The van der Waals surface area contributed by atoms with Crippen molar-refractivity contribution in [2.24, 2.45) is 0 Å². The van der Waals surface area contributed by atoms with Gasteiger partial charge in [0.05, 0.1) is 0 Å². The molecule has 19 heavy (non-hydrogen) atoms. The van der Waals surface area contributed by atoms with Gasteiger partial charge in [0.25, 0.3) is 0 Å². The number of nitrogens with one attached hydrogen (secondary N) is 1. The van der Waals surface area contributed by atoms with Crippen molar-refractivity contribution in [3.63, 3.8) is 0 Å². The van der Waals surface area contributed by atoms with Crippen LogP contribution in [0.15, 0.2) is 24.5 Å². The molecule has 1 aromatic rings. The lowest BCUT2D eigenvalue weighted by Gasteiger charge is -2.27. The molecule has 6 heteroatoms. The largest absolute Gasteiger partial charge is 0.480 e. The Hall–Kier alpha value is -2.11. The molecule has 0 aliphatic rings. The summed E-state index contributed by atoms with van der Waals surface area (Å²) in [5, 5.41) is 11.5. The fourth-order valence-corrected chi connectivity index (χ4v) is 1.57. The Balaban J connectivity index is 2.59. The molecule has 0 spiro atoms. The van der Waals surface area contributed by atoms with Crippen LogP contribution in [0, 0.1) is 0 Å². The van der Waals surface area contributed by atoms with Crippen LogP contribution in [0.1, 0.15) is 25.8 Å². The molecule has 1 heterocycles. The van der Waals surface area contributed by atoms with Gasteiger partial charge in [-0.1, -0.05) is 6.92 Å². The van der Waals surface area contributed by atoms with E-state index < -0.39 is 5.97 Å². The number of hydrogen-bond acceptors (Lipinski definition) is 3. The van der Waals surface area contributed by atoms with Crippen molar-refractivity contribution in [3.8, 4) is 0 Å². The van der Waals surface area contributed by atoms with Crippen LogP contribution in [0.3, 0.4) is 0 Å². The summed E-state index contributed by atoms with van der Waals surface area (Å²) in [6.45, 7) is 3.80. The van der Waals surface area contributed by atoms with Crippen molar-refractivity contribution in [3.05, 3.63) is 30.1 Å². The van der Waals surface area contributed by atoms with Crippen molar-refractivity contribution in [2.75, 3.05) is 6.54 Å². The molecule has 1 unspecified atom stereocenters. The Labute approximate surface area is 112 Å². The van der Waals surface area contributed by atoms with Gasteiger partial charge in [0.15, 0.2) is 0 Å². The van der Waals surface area contributed by atoms with Crippen LogP contribution >= 0.6 is 0 Å². The summed E-state index contributed by atoms with van der Waals surface area (Å²) in [5.41, 5.74) is 0.919. The van der Waals surface area contributed by atoms with Crippen molar-refractivity contribution in [1.29, 1.82) is 0 Å². The van der Waals surface area contributed by atoms with Crippen LogP contribution < -0.4 is 5.32 Å². The second-order valence-electron chi connectivity index (χ2n) is 4.29. The van der Waals surface area contributed by atoms with Gasteiger partial charge >= 0.3 is 12.0 Å². The Morgan fingerprint density at radius 1 is 1.42 bits per heavy atom. The third kappa shape index (κ3) is 4.95. The van der Waals surface area contributed by atoms with E-state index in [0.717, 1.165) is 5.56 Å². The highest BCUT2D eigenvalue weighted by molar-refractivity contribution is 5.80. The second kappa shape index (κ2) is 7.35. The fraction of sp³-hybridized carbons (Fsp3) is 0.462. The first-order valence-electron chi connectivity index (χ1n) is 6.19. The lowest BCUT2D eigenvalue weighted by molar-refractivity contribution is -0.138. The zero-order valence-electron chi connectivity index (χ0n) is 11.2. The van der Waals surface area contributed by atoms with E-state index in [1.165, 1.54) is 4.90 Å². The van der Waals surface area contributed by atoms with Gasteiger partial charge in [-0.25, -0.2) is 4.79 Å². The van der Waals surface area contributed by atoms with Crippen LogP contribution in [0.5, 0.6) is 0 Å². The number of amides is 2. The highest BCUT2D eigenvalue weighted by Crippen LogP contribution is 2.04. The Kier molecular flexibility index (Phi) is 5.78. The van der Waals surface area contributed by atoms with Gasteiger partial charge in [-0.2, -0.15) is 0 Å². The zero-order chi connectivity index (χ0) is 14.3. The molecular formula is C13H19N3O3. The van der Waals surface area contributed by atoms with E-state index in [-0.39, 0.29) is 18.6 Å². The number of carbonyl (C=O) groups excluding carboxylic acids is 1. The molecule has 0 radical (unpaired) electrons. The molecule has 0 bridgehead atoms. The third-order valence-corrected chi connectivity index (χ3v) is 2.88. The monoisotopic (exact) mass is 265 g/mol. The molecular weight excluding hydrogens is 246 g/mol. The molecule has 6 nitrogen and oxygen atoms in total. The summed E-state index contributed by atoms with van der Waals surface area (Å²) in [4.78, 5) is 28.0. The smallest absolute Gasteiger partial charge is 0.323 e. The van der Waals surface area contributed by atoms with Crippen molar-refractivity contribution >= 4 is 12.0 Å². The molecule has 104 valence electrons. The van der Waals surface area contributed by atoms with Gasteiger partial charge in [-0.15, -0.1) is 0 Å². The number of aromatic nitrogens is 1. The number of nitrogens with zero attached hydrogens (tertiary/aromatic N) is 2. The number of urea groups is 1. The normalized spacial score (nSPS) is 11.7. The Morgan fingerprint density at radius 3 is 2.58 bits per heavy atom. The molecule has 0 saturated heterocycles. The lowest BCUT2D eigenvalue weighted by Crippen LogP contribution is -2.47. The zero-order valence-corrected chi connectivity index (χ0v) is 11.2. The average molecular weight is 265 g/mol. The van der Waals surface area contributed by atoms with Crippen LogP contribution in [-0.2, 0) is 11.3 Å². The number of carbonyl (C=O) groups is 2. The van der Waals surface area contributed by atoms with Gasteiger partial charge in [0.1, 0.15) is 6.54 Å². The number of aliphatic carboxylic acids is 1. The molecule has 0 aliphatic carbocycles. The summed E-state index contributed by atoms with van der Waals surface area (Å²) in [7, 11) is 0. The summed E-state index contributed by atoms with van der Waals surface area (Å²) in [5.74, 6) is -1.01. The number of rotatable bonds is 6. The SMILES string of the molecule is CCC(C)N(CC(=O)O)C(=O)NCc1ccncc1. The highest BCUT2D eigenvalue weighted by Gasteiger charge is 2.21. The van der Waals surface area contributed by atoms with E-state index in [2.05, 4.69) is 10.3 Å². The first-order valence-corrected chi connectivity index (χ1v) is 6.19. The predicted molar refractivity (Wildman–Crippen MR) is 70.6 cm³/mol. The lowest BCUT2D eigenvalue weighted by atomic mass is 10.2. The summed E-state index contributed by atoms with van der Waals surface area (Å²) in [6.07, 6.45) is 3.99. The minimum atomic E-state index is -1.01. The molecule has 2 amide bonds. The van der Waals surface area contributed by atoms with E-state index in [0.29, 0.717) is 13.0 Å². The minimum absolute atomic E-state index is 0.117. The maximum Gasteiger partial charge on any atom is 0.323 e. The molecule has 2 N–H and O–H groups in total. The topological polar surface area (TPSA) is 82.5 Å². The average Bonchev–Trinajstić information content (AvgIpc) is 2.42. The van der Waals surface area contributed by atoms with E-state index in [1.54, 1.807) is 24.5 Å². The van der Waals surface area contributed by atoms with Crippen molar-refractivity contribution in [1.82, 2.24) is 15.2 Å². The summed E-state index contributed by atoms with van der Waals surface area (Å²) < 4.78 is 0. The van der Waals surface area contributed by atoms with Gasteiger partial charge < -0.3 is 15.3 Å². The van der Waals surface area contributed by atoms with E-state index in [4.69, 9.17) is 5.11 Å². The Bertz CT molecular complexity index is 422. The van der Waals surface area contributed by atoms with Gasteiger partial charge in [0.2, 0.25) is 0 Å². The summed E-state index contributed by atoms with van der Waals surface area (Å²) >= 11 is 0. The molecule has 1 rings (SSSR count). The molecule has 1 atom stereocenters. The molecule has 0 aromatic carbocycles. The van der Waals surface area contributed by atoms with Crippen LogP contribution in [0.2, 0.25) is 0 Å². The van der Waals surface area contributed by atoms with E-state index in [9.17, 15) is 9.59 Å². The van der Waals surface area contributed by atoms with Gasteiger partial charge in [0, 0.05) is 25.0 Å². The number of carboxylic acid groups (broad SMARTS) is 1. The standard InChI is InChI=1S/C13H19N3O3/c1-3-10(2)16(9-12(17)18)13(19)15-8-11-4-6-14-7-5-11/h4-7,10H,3,8-9H2,1-2H3,(H,15,19)(H,17,18). The van der Waals surface area contributed by atoms with Crippen molar-refractivity contribution in [2.45, 2.75) is 32.9 Å². The molecule has 1 aromatic heterocycles. The maximum absolute atomic E-state index is 12.0. The molecule has 0 saturated carbocycles. The molecule has 0 aliphatic heterocycles. The number of pyridine rings is 1. The van der Waals surface area contributed by atoms with Crippen LogP contribution in [-0.4, -0.2) is 39.6 Å². The first-order chi connectivity index (χ1) is 9.04. The fourth-order valence-electron chi connectivity index (χ4n) is 1.57. The predicted octanol–water partition coefficient (Wildman–Crippen LogP) is 1.48. The van der Waals surface area contributed by atoms with E-state index >= 15 is 0 Å². The first kappa shape index (κ1) is 14.9. The number of carboxylic acids is 1. The van der Waals surface area contributed by atoms with Crippen molar-refractivity contribution < 1.29 is 14.7 Å². The van der Waals surface area contributed by atoms with Gasteiger partial charge in [-0.05, 0) is 31.0 Å².